The predicted octanol–water partition coefficient (Wildman–Crippen LogP) is 5.13. The summed E-state index contributed by atoms with van der Waals surface area (Å²) in [6.45, 7) is 5.21. The number of urea groups is 1. The molecule has 1 aromatic heterocycles. The molecule has 1 saturated heterocycles. The number of nitrogens with zero attached hydrogens (tertiary/aromatic N) is 2. The van der Waals surface area contributed by atoms with Crippen molar-refractivity contribution in [3.63, 3.8) is 0 Å². The number of nitrogens with one attached hydrogen (secondary N) is 1. The van der Waals surface area contributed by atoms with Crippen LogP contribution >= 0.6 is 0 Å². The van der Waals surface area contributed by atoms with Gasteiger partial charge in [0.2, 0.25) is 0 Å². The standard InChI is InChI=1S/C29H31N3O4/c1-19-12-13-23(16-20(19)2)36-15-14-31-18-21(24-10-6-7-11-26(24)31)17-25-27(33)30-29(35)32(28(25)34)22-8-4-3-5-9-22/h6-7,10-13,16-18,22H,3-5,8-9,14-15H2,1-2H3,(H,30,33,35). The summed E-state index contributed by atoms with van der Waals surface area (Å²) < 4.78 is 8.05. The molecule has 186 valence electrons. The van der Waals surface area contributed by atoms with Gasteiger partial charge in [-0.15, -0.1) is 0 Å². The summed E-state index contributed by atoms with van der Waals surface area (Å²) in [6.07, 6.45) is 8.17. The first-order chi connectivity index (χ1) is 17.4. The highest BCUT2D eigenvalue weighted by atomic mass is 16.5. The van der Waals surface area contributed by atoms with Crippen molar-refractivity contribution in [3.8, 4) is 5.75 Å². The molecular formula is C29H31N3O4. The number of para-hydroxylation sites is 1. The normalized spacial score (nSPS) is 18.2. The van der Waals surface area contributed by atoms with E-state index in [2.05, 4.69) is 23.7 Å². The van der Waals surface area contributed by atoms with Crippen molar-refractivity contribution in [1.82, 2.24) is 14.8 Å². The highest BCUT2D eigenvalue weighted by Gasteiger charge is 2.40. The molecule has 0 unspecified atom stereocenters. The topological polar surface area (TPSA) is 80.6 Å². The average molecular weight is 486 g/mol. The Morgan fingerprint density at radius 1 is 1.00 bits per heavy atom. The molecule has 2 aliphatic rings. The molecule has 0 spiro atoms. The Morgan fingerprint density at radius 3 is 2.56 bits per heavy atom. The third-order valence-electron chi connectivity index (χ3n) is 7.27. The van der Waals surface area contributed by atoms with Crippen LogP contribution in [0, 0.1) is 13.8 Å². The molecule has 0 atom stereocenters. The Hall–Kier alpha value is -3.87. The number of imide groups is 2. The predicted molar refractivity (Wildman–Crippen MR) is 139 cm³/mol. The van der Waals surface area contributed by atoms with Crippen LogP contribution in [-0.2, 0) is 16.1 Å². The fraction of sp³-hybridized carbons (Fsp3) is 0.345. The quantitative estimate of drug-likeness (QED) is 0.388. The van der Waals surface area contributed by atoms with Crippen LogP contribution in [0.4, 0.5) is 4.79 Å². The van der Waals surface area contributed by atoms with Gasteiger partial charge in [0, 0.05) is 28.7 Å². The average Bonchev–Trinajstić information content (AvgIpc) is 3.22. The number of hydrogen-bond acceptors (Lipinski definition) is 4. The lowest BCUT2D eigenvalue weighted by Crippen LogP contribution is -2.58. The number of benzene rings is 2. The molecule has 5 rings (SSSR count). The van der Waals surface area contributed by atoms with E-state index in [9.17, 15) is 14.4 Å². The number of aromatic nitrogens is 1. The zero-order valence-corrected chi connectivity index (χ0v) is 20.8. The Morgan fingerprint density at radius 2 is 1.78 bits per heavy atom. The van der Waals surface area contributed by atoms with Crippen molar-refractivity contribution in [3.05, 3.63) is 70.9 Å². The molecule has 1 N–H and O–H groups in total. The van der Waals surface area contributed by atoms with Crippen LogP contribution in [0.3, 0.4) is 0 Å². The third kappa shape index (κ3) is 4.65. The maximum absolute atomic E-state index is 13.3. The van der Waals surface area contributed by atoms with Gasteiger partial charge in [0.05, 0.1) is 6.54 Å². The summed E-state index contributed by atoms with van der Waals surface area (Å²) in [5, 5.41) is 3.30. The molecule has 7 heteroatoms. The number of carbonyl (C=O) groups excluding carboxylic acids is 3. The first-order valence-electron chi connectivity index (χ1n) is 12.6. The smallest absolute Gasteiger partial charge is 0.331 e. The van der Waals surface area contributed by atoms with Gasteiger partial charge in [0.15, 0.2) is 0 Å². The van der Waals surface area contributed by atoms with Crippen LogP contribution in [-0.4, -0.2) is 40.0 Å². The van der Waals surface area contributed by atoms with Crippen LogP contribution in [0.1, 0.15) is 48.8 Å². The van der Waals surface area contributed by atoms with Gasteiger partial charge in [-0.3, -0.25) is 19.8 Å². The zero-order valence-electron chi connectivity index (χ0n) is 20.8. The fourth-order valence-corrected chi connectivity index (χ4v) is 5.14. The Kier molecular flexibility index (Phi) is 6.63. The van der Waals surface area contributed by atoms with Gasteiger partial charge in [-0.25, -0.2) is 4.79 Å². The molecule has 1 aliphatic carbocycles. The molecule has 2 aromatic carbocycles. The molecule has 0 radical (unpaired) electrons. The van der Waals surface area contributed by atoms with E-state index < -0.39 is 17.8 Å². The highest BCUT2D eigenvalue weighted by Crippen LogP contribution is 2.28. The van der Waals surface area contributed by atoms with Crippen molar-refractivity contribution in [2.75, 3.05) is 6.61 Å². The summed E-state index contributed by atoms with van der Waals surface area (Å²) in [4.78, 5) is 39.8. The van der Waals surface area contributed by atoms with Gasteiger partial charge >= 0.3 is 6.03 Å². The second-order valence-corrected chi connectivity index (χ2v) is 9.67. The Labute approximate surface area is 210 Å². The monoisotopic (exact) mass is 485 g/mol. The molecule has 7 nitrogen and oxygen atoms in total. The van der Waals surface area contributed by atoms with Crippen LogP contribution < -0.4 is 10.1 Å². The number of ether oxygens (including phenoxy) is 1. The Bertz CT molecular complexity index is 1360. The summed E-state index contributed by atoms with van der Waals surface area (Å²) in [5.74, 6) is -0.327. The third-order valence-corrected chi connectivity index (χ3v) is 7.27. The molecule has 0 bridgehead atoms. The van der Waals surface area contributed by atoms with E-state index >= 15 is 0 Å². The van der Waals surface area contributed by atoms with Gasteiger partial charge in [0.1, 0.15) is 17.9 Å². The Balaban J connectivity index is 1.40. The van der Waals surface area contributed by atoms with Crippen LogP contribution in [0.2, 0.25) is 0 Å². The SMILES string of the molecule is Cc1ccc(OCCn2cc(C=C3C(=O)NC(=O)N(C4CCCCC4)C3=O)c3ccccc32)cc1C. The molecular weight excluding hydrogens is 454 g/mol. The number of carbonyl (C=O) groups is 3. The van der Waals surface area contributed by atoms with Gasteiger partial charge in [-0.05, 0) is 62.1 Å². The lowest BCUT2D eigenvalue weighted by Gasteiger charge is -2.35. The van der Waals surface area contributed by atoms with Crippen LogP contribution in [0.5, 0.6) is 5.75 Å². The first kappa shape index (κ1) is 23.9. The van der Waals surface area contributed by atoms with E-state index in [1.54, 1.807) is 6.08 Å². The van der Waals surface area contributed by atoms with Crippen molar-refractivity contribution >= 4 is 34.8 Å². The molecule has 2 fully saturated rings. The summed E-state index contributed by atoms with van der Waals surface area (Å²) in [5.41, 5.74) is 4.14. The van der Waals surface area contributed by atoms with Gasteiger partial charge < -0.3 is 9.30 Å². The van der Waals surface area contributed by atoms with E-state index in [4.69, 9.17) is 4.74 Å². The second kappa shape index (κ2) is 10.0. The maximum atomic E-state index is 13.3. The summed E-state index contributed by atoms with van der Waals surface area (Å²) >= 11 is 0. The fourth-order valence-electron chi connectivity index (χ4n) is 5.14. The van der Waals surface area contributed by atoms with E-state index in [0.717, 1.165) is 54.3 Å². The second-order valence-electron chi connectivity index (χ2n) is 9.67. The van der Waals surface area contributed by atoms with Crippen molar-refractivity contribution in [1.29, 1.82) is 0 Å². The molecule has 1 saturated carbocycles. The molecule has 3 aromatic rings. The van der Waals surface area contributed by atoms with Crippen LogP contribution in [0.25, 0.3) is 17.0 Å². The summed E-state index contributed by atoms with van der Waals surface area (Å²) in [6, 6.07) is 13.2. The largest absolute Gasteiger partial charge is 0.492 e. The van der Waals surface area contributed by atoms with E-state index in [0.29, 0.717) is 13.2 Å². The minimum atomic E-state index is -0.646. The van der Waals surface area contributed by atoms with E-state index in [1.807, 2.05) is 48.7 Å². The lowest BCUT2D eigenvalue weighted by atomic mass is 9.93. The lowest BCUT2D eigenvalue weighted by molar-refractivity contribution is -0.132. The van der Waals surface area contributed by atoms with E-state index in [1.165, 1.54) is 16.0 Å². The summed E-state index contributed by atoms with van der Waals surface area (Å²) in [7, 11) is 0. The van der Waals surface area contributed by atoms with Gasteiger partial charge in [0.25, 0.3) is 11.8 Å². The highest BCUT2D eigenvalue weighted by molar-refractivity contribution is 6.31. The number of amides is 4. The zero-order chi connectivity index (χ0) is 25.2. The number of aryl methyl sites for hydroxylation is 2. The van der Waals surface area contributed by atoms with Crippen LogP contribution in [0.15, 0.2) is 54.2 Å². The van der Waals surface area contributed by atoms with Crippen molar-refractivity contribution < 1.29 is 19.1 Å². The number of hydrogen-bond donors (Lipinski definition) is 1. The van der Waals surface area contributed by atoms with E-state index in [-0.39, 0.29) is 11.6 Å². The minimum Gasteiger partial charge on any atom is -0.492 e. The molecule has 4 amide bonds. The van der Waals surface area contributed by atoms with Crippen molar-refractivity contribution in [2.24, 2.45) is 0 Å². The molecule has 2 heterocycles. The number of fused-ring (bicyclic) bond motifs is 1. The maximum Gasteiger partial charge on any atom is 0.331 e. The van der Waals surface area contributed by atoms with Crippen molar-refractivity contribution in [2.45, 2.75) is 58.5 Å². The number of barbiturate groups is 1. The minimum absolute atomic E-state index is 0.00513. The molecule has 36 heavy (non-hydrogen) atoms. The molecule has 1 aliphatic heterocycles. The van der Waals surface area contributed by atoms with Gasteiger partial charge in [-0.1, -0.05) is 43.5 Å². The first-order valence-corrected chi connectivity index (χ1v) is 12.6. The number of rotatable bonds is 6. The van der Waals surface area contributed by atoms with Gasteiger partial charge in [-0.2, -0.15) is 0 Å².